The summed E-state index contributed by atoms with van der Waals surface area (Å²) < 4.78 is 11.1. The van der Waals surface area contributed by atoms with Gasteiger partial charge in [-0.2, -0.15) is 0 Å². The number of rotatable bonds is 4. The van der Waals surface area contributed by atoms with Gasteiger partial charge in [-0.1, -0.05) is 11.2 Å². The van der Waals surface area contributed by atoms with Crippen LogP contribution in [0.2, 0.25) is 0 Å². The van der Waals surface area contributed by atoms with E-state index >= 15 is 0 Å². The van der Waals surface area contributed by atoms with E-state index in [1.807, 2.05) is 17.5 Å². The van der Waals surface area contributed by atoms with Crippen LogP contribution in [-0.4, -0.2) is 16.1 Å². The molecular weight excluding hydrogens is 358 g/mol. The lowest BCUT2D eigenvalue weighted by atomic mass is 10.4. The van der Waals surface area contributed by atoms with Crippen molar-refractivity contribution in [2.45, 2.75) is 0 Å². The van der Waals surface area contributed by atoms with Crippen LogP contribution >= 0.6 is 27.3 Å². The number of furan rings is 1. The molecule has 106 valence electrons. The predicted molar refractivity (Wildman–Crippen MR) is 81.7 cm³/mol. The first-order valence-corrected chi connectivity index (χ1v) is 7.50. The molecule has 6 nitrogen and oxygen atoms in total. The Morgan fingerprint density at radius 2 is 2.19 bits per heavy atom. The van der Waals surface area contributed by atoms with E-state index in [-0.39, 0.29) is 17.8 Å². The summed E-state index contributed by atoms with van der Waals surface area (Å²) in [5.41, 5.74) is 0. The van der Waals surface area contributed by atoms with Crippen LogP contribution in [0.15, 0.2) is 49.2 Å². The molecule has 1 N–H and O–H groups in total. The monoisotopic (exact) mass is 365 g/mol. The molecule has 1 amide bonds. The predicted octanol–water partition coefficient (Wildman–Crippen LogP) is 3.81. The molecule has 3 aromatic rings. The number of carbonyl (C=O) groups is 1. The number of hydrogen-bond acceptors (Lipinski definition) is 6. The van der Waals surface area contributed by atoms with Gasteiger partial charge in [0.05, 0.1) is 0 Å². The van der Waals surface area contributed by atoms with Crippen molar-refractivity contribution in [1.82, 2.24) is 10.2 Å². The molecule has 0 saturated heterocycles. The summed E-state index contributed by atoms with van der Waals surface area (Å²) in [5, 5.41) is 11.9. The number of anilines is 1. The number of hydrogen-bond donors (Lipinski definition) is 1. The minimum absolute atomic E-state index is 0.0124. The maximum absolute atomic E-state index is 11.7. The summed E-state index contributed by atoms with van der Waals surface area (Å²) in [4.78, 5) is 12.7. The summed E-state index contributed by atoms with van der Waals surface area (Å²) in [5.74, 6) is 0.265. The molecule has 0 unspecified atom stereocenters. The highest BCUT2D eigenvalue weighted by Crippen LogP contribution is 2.24. The largest absolute Gasteiger partial charge is 0.444 e. The summed E-state index contributed by atoms with van der Waals surface area (Å²) in [6.07, 6.45) is 3.11. The van der Waals surface area contributed by atoms with Crippen LogP contribution in [0.5, 0.6) is 0 Å². The Labute approximate surface area is 131 Å². The van der Waals surface area contributed by atoms with Gasteiger partial charge in [-0.25, -0.2) is 0 Å². The van der Waals surface area contributed by atoms with E-state index in [2.05, 4.69) is 31.4 Å². The van der Waals surface area contributed by atoms with E-state index in [4.69, 9.17) is 8.83 Å². The van der Waals surface area contributed by atoms with Crippen LogP contribution in [0.25, 0.3) is 17.7 Å². The Bertz CT molecular complexity index is 776. The van der Waals surface area contributed by atoms with Crippen LogP contribution in [0, 0.1) is 0 Å². The van der Waals surface area contributed by atoms with Gasteiger partial charge in [-0.15, -0.1) is 16.4 Å². The van der Waals surface area contributed by atoms with E-state index in [1.54, 1.807) is 18.2 Å². The van der Waals surface area contributed by atoms with Gasteiger partial charge in [0, 0.05) is 11.0 Å². The average Bonchev–Trinajstić information content (AvgIpc) is 3.17. The summed E-state index contributed by atoms with van der Waals surface area (Å²) in [6.45, 7) is 0. The van der Waals surface area contributed by atoms with Gasteiger partial charge in [0.2, 0.25) is 0 Å². The van der Waals surface area contributed by atoms with Crippen LogP contribution in [0.1, 0.15) is 4.88 Å². The molecule has 8 heteroatoms. The number of aromatic nitrogens is 2. The maximum Gasteiger partial charge on any atom is 0.322 e. The average molecular weight is 366 g/mol. The van der Waals surface area contributed by atoms with Gasteiger partial charge < -0.3 is 8.83 Å². The second kappa shape index (κ2) is 6.06. The Hall–Kier alpha value is -2.19. The lowest BCUT2D eigenvalue weighted by molar-refractivity contribution is -0.112. The van der Waals surface area contributed by atoms with Crippen molar-refractivity contribution in [2.24, 2.45) is 0 Å². The zero-order chi connectivity index (χ0) is 14.7. The van der Waals surface area contributed by atoms with Gasteiger partial charge >= 0.3 is 6.01 Å². The van der Waals surface area contributed by atoms with Gasteiger partial charge in [-0.3, -0.25) is 10.1 Å². The molecule has 21 heavy (non-hydrogen) atoms. The van der Waals surface area contributed by atoms with Crippen molar-refractivity contribution in [3.63, 3.8) is 0 Å². The molecule has 0 aliphatic rings. The van der Waals surface area contributed by atoms with Crippen LogP contribution < -0.4 is 5.32 Å². The molecule has 0 aliphatic carbocycles. The van der Waals surface area contributed by atoms with Gasteiger partial charge in [0.25, 0.3) is 11.8 Å². The molecule has 0 radical (unpaired) electrons. The normalized spacial score (nSPS) is 11.1. The standard InChI is InChI=1S/C13H8BrN3O3S/c14-10-5-4-9(19-10)12-16-17-13(20-12)15-11(18)6-3-8-2-1-7-21-8/h1-7H,(H,15,17,18). The lowest BCUT2D eigenvalue weighted by Crippen LogP contribution is -2.07. The molecule has 0 spiro atoms. The zero-order valence-electron chi connectivity index (χ0n) is 10.4. The molecule has 0 saturated carbocycles. The number of nitrogens with zero attached hydrogens (tertiary/aromatic N) is 2. The van der Waals surface area contributed by atoms with Crippen molar-refractivity contribution in [2.75, 3.05) is 5.32 Å². The summed E-state index contributed by atoms with van der Waals surface area (Å²) >= 11 is 4.72. The maximum atomic E-state index is 11.7. The Morgan fingerprint density at radius 3 is 2.90 bits per heavy atom. The third-order valence-electron chi connectivity index (χ3n) is 2.38. The zero-order valence-corrected chi connectivity index (χ0v) is 12.8. The number of nitrogens with one attached hydrogen (secondary N) is 1. The number of thiophene rings is 1. The molecule has 3 rings (SSSR count). The second-order valence-corrected chi connectivity index (χ2v) is 5.61. The molecule has 0 bridgehead atoms. The molecule has 3 aromatic heterocycles. The highest BCUT2D eigenvalue weighted by atomic mass is 79.9. The van der Waals surface area contributed by atoms with E-state index in [9.17, 15) is 4.79 Å². The third-order valence-corrected chi connectivity index (χ3v) is 3.65. The molecule has 0 aromatic carbocycles. The molecule has 3 heterocycles. The third kappa shape index (κ3) is 3.47. The van der Waals surface area contributed by atoms with Crippen molar-refractivity contribution < 1.29 is 13.6 Å². The Balaban J connectivity index is 1.65. The van der Waals surface area contributed by atoms with Crippen LogP contribution in [-0.2, 0) is 4.79 Å². The van der Waals surface area contributed by atoms with E-state index in [0.717, 1.165) is 4.88 Å². The Kier molecular flexibility index (Phi) is 3.98. The van der Waals surface area contributed by atoms with E-state index in [0.29, 0.717) is 10.4 Å². The van der Waals surface area contributed by atoms with Gasteiger partial charge in [0.1, 0.15) is 0 Å². The molecule has 0 atom stereocenters. The molecular formula is C13H8BrN3O3S. The summed E-state index contributed by atoms with van der Waals surface area (Å²) in [7, 11) is 0. The SMILES string of the molecule is O=C(C=Cc1cccs1)Nc1nnc(-c2ccc(Br)o2)o1. The second-order valence-electron chi connectivity index (χ2n) is 3.85. The highest BCUT2D eigenvalue weighted by Gasteiger charge is 2.13. The first-order chi connectivity index (χ1) is 10.2. The van der Waals surface area contributed by atoms with Gasteiger partial charge in [-0.05, 0) is 45.6 Å². The van der Waals surface area contributed by atoms with E-state index in [1.165, 1.54) is 17.4 Å². The van der Waals surface area contributed by atoms with Crippen LogP contribution in [0.4, 0.5) is 6.01 Å². The quantitative estimate of drug-likeness (QED) is 0.711. The highest BCUT2D eigenvalue weighted by molar-refractivity contribution is 9.10. The van der Waals surface area contributed by atoms with Crippen molar-refractivity contribution in [3.05, 3.63) is 45.3 Å². The first kappa shape index (κ1) is 13.8. The smallest absolute Gasteiger partial charge is 0.322 e. The fourth-order valence-corrected chi connectivity index (χ4v) is 2.42. The van der Waals surface area contributed by atoms with Crippen molar-refractivity contribution >= 4 is 45.3 Å². The molecule has 0 fully saturated rings. The number of carbonyl (C=O) groups excluding carboxylic acids is 1. The molecule has 0 aliphatic heterocycles. The Morgan fingerprint density at radius 1 is 1.29 bits per heavy atom. The first-order valence-electron chi connectivity index (χ1n) is 5.82. The lowest BCUT2D eigenvalue weighted by Gasteiger charge is -1.93. The summed E-state index contributed by atoms with van der Waals surface area (Å²) in [6, 6.07) is 7.22. The van der Waals surface area contributed by atoms with Crippen LogP contribution in [0.3, 0.4) is 0 Å². The topological polar surface area (TPSA) is 81.2 Å². The number of halogens is 1. The fraction of sp³-hybridized carbons (Fsp3) is 0. The minimum Gasteiger partial charge on any atom is -0.444 e. The number of amides is 1. The van der Waals surface area contributed by atoms with Crippen molar-refractivity contribution in [3.8, 4) is 11.7 Å². The van der Waals surface area contributed by atoms with Crippen molar-refractivity contribution in [1.29, 1.82) is 0 Å². The van der Waals surface area contributed by atoms with Gasteiger partial charge in [0.15, 0.2) is 10.4 Å². The van der Waals surface area contributed by atoms with E-state index < -0.39 is 0 Å². The fourth-order valence-electron chi connectivity index (χ4n) is 1.49. The minimum atomic E-state index is -0.348.